The van der Waals surface area contributed by atoms with Crippen molar-refractivity contribution < 1.29 is 4.74 Å². The first-order valence-electron chi connectivity index (χ1n) is 8.68. The lowest BCUT2D eigenvalue weighted by molar-refractivity contribution is 0.00752. The molecule has 1 N–H and O–H groups in total. The van der Waals surface area contributed by atoms with E-state index in [9.17, 15) is 0 Å². The standard InChI is InChI=1S/C21H24N2O/c1-23-21(19-12-13-19,14-6-10-17-7-3-2-4-8-17)24-20-11-5-9-18(15-20)16-22/h2-5,7-9,11,15,19,23H,6,10,12-14H2,1H3. The molecule has 3 heteroatoms. The van der Waals surface area contributed by atoms with E-state index >= 15 is 0 Å². The van der Waals surface area contributed by atoms with Crippen molar-refractivity contribution in [1.29, 1.82) is 5.26 Å². The summed E-state index contributed by atoms with van der Waals surface area (Å²) in [6.07, 6.45) is 5.48. The number of aryl methyl sites for hydroxylation is 1. The van der Waals surface area contributed by atoms with Crippen molar-refractivity contribution in [3.63, 3.8) is 0 Å². The summed E-state index contributed by atoms with van der Waals surface area (Å²) in [5.41, 5.74) is 1.67. The lowest BCUT2D eigenvalue weighted by Crippen LogP contribution is -2.50. The summed E-state index contributed by atoms with van der Waals surface area (Å²) in [4.78, 5) is 0. The molecule has 0 amide bonds. The van der Waals surface area contributed by atoms with Crippen LogP contribution in [0.2, 0.25) is 0 Å². The van der Waals surface area contributed by atoms with Crippen molar-refractivity contribution in [1.82, 2.24) is 5.32 Å². The van der Waals surface area contributed by atoms with E-state index in [-0.39, 0.29) is 5.72 Å². The van der Waals surface area contributed by atoms with Gasteiger partial charge in [-0.1, -0.05) is 36.4 Å². The van der Waals surface area contributed by atoms with Crippen LogP contribution in [0, 0.1) is 17.2 Å². The molecule has 0 aromatic heterocycles. The fourth-order valence-electron chi connectivity index (χ4n) is 3.31. The molecular weight excluding hydrogens is 296 g/mol. The first kappa shape index (κ1) is 16.5. The van der Waals surface area contributed by atoms with E-state index in [1.807, 2.05) is 25.2 Å². The van der Waals surface area contributed by atoms with Crippen molar-refractivity contribution in [3.8, 4) is 11.8 Å². The molecule has 1 fully saturated rings. The van der Waals surface area contributed by atoms with Crippen LogP contribution in [0.4, 0.5) is 0 Å². The van der Waals surface area contributed by atoms with Crippen LogP contribution < -0.4 is 10.1 Å². The minimum atomic E-state index is -0.330. The second-order valence-electron chi connectivity index (χ2n) is 6.49. The first-order chi connectivity index (χ1) is 11.8. The number of hydrogen-bond donors (Lipinski definition) is 1. The molecule has 3 rings (SSSR count). The molecule has 0 spiro atoms. The van der Waals surface area contributed by atoms with Crippen LogP contribution in [-0.4, -0.2) is 12.8 Å². The molecule has 1 aliphatic carbocycles. The zero-order chi connectivity index (χ0) is 16.8. The van der Waals surface area contributed by atoms with Crippen LogP contribution in [0.1, 0.15) is 36.8 Å². The van der Waals surface area contributed by atoms with Gasteiger partial charge in [0.15, 0.2) is 5.72 Å². The van der Waals surface area contributed by atoms with Crippen molar-refractivity contribution in [3.05, 3.63) is 65.7 Å². The number of benzene rings is 2. The van der Waals surface area contributed by atoms with Gasteiger partial charge in [-0.2, -0.15) is 5.26 Å². The molecule has 124 valence electrons. The Bertz CT molecular complexity index is 703. The van der Waals surface area contributed by atoms with Crippen LogP contribution in [-0.2, 0) is 6.42 Å². The van der Waals surface area contributed by atoms with E-state index in [4.69, 9.17) is 10.00 Å². The largest absolute Gasteiger partial charge is 0.472 e. The van der Waals surface area contributed by atoms with Gasteiger partial charge in [-0.05, 0) is 56.5 Å². The number of rotatable bonds is 8. The fraction of sp³-hybridized carbons (Fsp3) is 0.381. The second kappa shape index (κ2) is 7.51. The summed E-state index contributed by atoms with van der Waals surface area (Å²) in [6, 6.07) is 20.2. The van der Waals surface area contributed by atoms with Crippen molar-refractivity contribution in [2.45, 2.75) is 37.8 Å². The summed E-state index contributed by atoms with van der Waals surface area (Å²) in [5, 5.41) is 12.5. The predicted octanol–water partition coefficient (Wildman–Crippen LogP) is 4.29. The van der Waals surface area contributed by atoms with Gasteiger partial charge in [0.2, 0.25) is 0 Å². The van der Waals surface area contributed by atoms with Crippen LogP contribution in [0.15, 0.2) is 54.6 Å². The van der Waals surface area contributed by atoms with Gasteiger partial charge in [-0.3, -0.25) is 5.32 Å². The Kier molecular flexibility index (Phi) is 5.17. The van der Waals surface area contributed by atoms with Gasteiger partial charge in [0, 0.05) is 12.3 Å². The SMILES string of the molecule is CNC(CCCc1ccccc1)(Oc1cccc(C#N)c1)C1CC1. The zero-order valence-electron chi connectivity index (χ0n) is 14.2. The third-order valence-electron chi connectivity index (χ3n) is 4.78. The zero-order valence-corrected chi connectivity index (χ0v) is 14.2. The van der Waals surface area contributed by atoms with Crippen LogP contribution in [0.25, 0.3) is 0 Å². The minimum absolute atomic E-state index is 0.330. The van der Waals surface area contributed by atoms with Crippen LogP contribution in [0.3, 0.4) is 0 Å². The number of ether oxygens (including phenoxy) is 1. The maximum Gasteiger partial charge on any atom is 0.163 e. The fourth-order valence-corrected chi connectivity index (χ4v) is 3.31. The lowest BCUT2D eigenvalue weighted by atomic mass is 9.98. The van der Waals surface area contributed by atoms with E-state index < -0.39 is 0 Å². The van der Waals surface area contributed by atoms with Crippen LogP contribution >= 0.6 is 0 Å². The molecule has 1 atom stereocenters. The normalized spacial score (nSPS) is 16.2. The van der Waals surface area contributed by atoms with Crippen LogP contribution in [0.5, 0.6) is 5.75 Å². The van der Waals surface area contributed by atoms with Gasteiger partial charge in [0.05, 0.1) is 11.6 Å². The minimum Gasteiger partial charge on any atom is -0.472 e. The number of nitrogens with zero attached hydrogens (tertiary/aromatic N) is 1. The van der Waals surface area contributed by atoms with Crippen molar-refractivity contribution >= 4 is 0 Å². The molecule has 0 heterocycles. The van der Waals surface area contributed by atoms with Gasteiger partial charge in [0.1, 0.15) is 5.75 Å². The maximum absolute atomic E-state index is 9.09. The number of nitriles is 1. The topological polar surface area (TPSA) is 45.0 Å². The maximum atomic E-state index is 9.09. The molecule has 0 bridgehead atoms. The monoisotopic (exact) mass is 320 g/mol. The Morgan fingerprint density at radius 1 is 1.17 bits per heavy atom. The van der Waals surface area contributed by atoms with Crippen molar-refractivity contribution in [2.24, 2.45) is 5.92 Å². The van der Waals surface area contributed by atoms with E-state index in [0.717, 1.165) is 25.0 Å². The van der Waals surface area contributed by atoms with E-state index in [1.165, 1.54) is 18.4 Å². The highest BCUT2D eigenvalue weighted by Gasteiger charge is 2.46. The molecule has 0 saturated heterocycles. The summed E-state index contributed by atoms with van der Waals surface area (Å²) < 4.78 is 6.39. The third kappa shape index (κ3) is 3.96. The van der Waals surface area contributed by atoms with E-state index in [0.29, 0.717) is 11.5 Å². The molecule has 1 aliphatic rings. The summed E-state index contributed by atoms with van der Waals surface area (Å²) in [5.74, 6) is 1.32. The average molecular weight is 320 g/mol. The van der Waals surface area contributed by atoms with Gasteiger partial charge in [-0.15, -0.1) is 0 Å². The Balaban J connectivity index is 1.69. The van der Waals surface area contributed by atoms with E-state index in [1.54, 1.807) is 6.07 Å². The van der Waals surface area contributed by atoms with Crippen molar-refractivity contribution in [2.75, 3.05) is 7.05 Å². The molecule has 1 saturated carbocycles. The first-order valence-corrected chi connectivity index (χ1v) is 8.68. The Hall–Kier alpha value is -2.31. The quantitative estimate of drug-likeness (QED) is 0.738. The summed E-state index contributed by atoms with van der Waals surface area (Å²) in [6.45, 7) is 0. The molecule has 0 radical (unpaired) electrons. The van der Waals surface area contributed by atoms with Gasteiger partial charge in [0.25, 0.3) is 0 Å². The lowest BCUT2D eigenvalue weighted by Gasteiger charge is -2.35. The molecule has 2 aromatic carbocycles. The highest BCUT2D eigenvalue weighted by molar-refractivity contribution is 5.36. The highest BCUT2D eigenvalue weighted by atomic mass is 16.5. The molecule has 2 aromatic rings. The Labute approximate surface area is 144 Å². The number of hydrogen-bond acceptors (Lipinski definition) is 3. The highest BCUT2D eigenvalue weighted by Crippen LogP contribution is 2.43. The van der Waals surface area contributed by atoms with Gasteiger partial charge < -0.3 is 4.74 Å². The molecule has 0 aliphatic heterocycles. The smallest absolute Gasteiger partial charge is 0.163 e. The Morgan fingerprint density at radius 3 is 2.62 bits per heavy atom. The molecule has 3 nitrogen and oxygen atoms in total. The van der Waals surface area contributed by atoms with Gasteiger partial charge in [-0.25, -0.2) is 0 Å². The predicted molar refractivity (Wildman–Crippen MR) is 95.7 cm³/mol. The average Bonchev–Trinajstić information content (AvgIpc) is 3.47. The Morgan fingerprint density at radius 2 is 1.96 bits per heavy atom. The third-order valence-corrected chi connectivity index (χ3v) is 4.78. The second-order valence-corrected chi connectivity index (χ2v) is 6.49. The summed E-state index contributed by atoms with van der Waals surface area (Å²) >= 11 is 0. The number of nitrogens with one attached hydrogen (secondary N) is 1. The van der Waals surface area contributed by atoms with Gasteiger partial charge >= 0.3 is 0 Å². The molecular formula is C21H24N2O. The summed E-state index contributed by atoms with van der Waals surface area (Å²) in [7, 11) is 1.98. The molecule has 1 unspecified atom stereocenters. The molecule has 24 heavy (non-hydrogen) atoms. The van der Waals surface area contributed by atoms with E-state index in [2.05, 4.69) is 41.7 Å².